The second-order valence-electron chi connectivity index (χ2n) is 7.45. The van der Waals surface area contributed by atoms with Crippen LogP contribution >= 0.6 is 0 Å². The Morgan fingerprint density at radius 1 is 1.18 bits per heavy atom. The average molecular weight is 404 g/mol. The van der Waals surface area contributed by atoms with Crippen molar-refractivity contribution in [3.8, 4) is 0 Å². The highest BCUT2D eigenvalue weighted by molar-refractivity contribution is 7.89. The number of sulfonamides is 1. The minimum absolute atomic E-state index is 0.00443. The van der Waals surface area contributed by atoms with E-state index >= 15 is 0 Å². The maximum Gasteiger partial charge on any atom is 0.244 e. The van der Waals surface area contributed by atoms with Crippen LogP contribution in [0.15, 0.2) is 53.7 Å². The number of amides is 1. The molecule has 2 heterocycles. The van der Waals surface area contributed by atoms with E-state index in [1.807, 2.05) is 30.3 Å². The van der Waals surface area contributed by atoms with Gasteiger partial charge in [-0.25, -0.2) is 8.42 Å². The van der Waals surface area contributed by atoms with E-state index in [1.165, 1.54) is 4.31 Å². The van der Waals surface area contributed by atoms with E-state index in [2.05, 4.69) is 12.2 Å². The Hall–Kier alpha value is -2.12. The monoisotopic (exact) mass is 403 g/mol. The molecule has 0 spiro atoms. The lowest BCUT2D eigenvalue weighted by atomic mass is 9.95. The molecule has 1 aromatic carbocycles. The van der Waals surface area contributed by atoms with Crippen molar-refractivity contribution in [3.63, 3.8) is 0 Å². The lowest BCUT2D eigenvalue weighted by molar-refractivity contribution is -0.127. The average Bonchev–Trinajstić information content (AvgIpc) is 3.15. The summed E-state index contributed by atoms with van der Waals surface area (Å²) in [4.78, 5) is 13.1. The summed E-state index contributed by atoms with van der Waals surface area (Å²) in [6.45, 7) is 2.85. The van der Waals surface area contributed by atoms with Crippen molar-refractivity contribution in [3.05, 3.63) is 54.4 Å². The SMILES string of the molecule is CCC[C@H](NC(=O)C1CCN(S(=O)(=O)c2ccn(C)c2)CC1)c1ccccc1. The molecule has 0 aliphatic carbocycles. The Morgan fingerprint density at radius 2 is 1.86 bits per heavy atom. The fourth-order valence-electron chi connectivity index (χ4n) is 3.72. The third-order valence-electron chi connectivity index (χ3n) is 5.36. The molecule has 1 amide bonds. The largest absolute Gasteiger partial charge is 0.356 e. The summed E-state index contributed by atoms with van der Waals surface area (Å²) in [6, 6.07) is 11.6. The maximum absolute atomic E-state index is 12.8. The van der Waals surface area contributed by atoms with E-state index in [4.69, 9.17) is 0 Å². The molecule has 1 aromatic heterocycles. The highest BCUT2D eigenvalue weighted by Crippen LogP contribution is 2.26. The summed E-state index contributed by atoms with van der Waals surface area (Å²) in [5.41, 5.74) is 1.11. The molecule has 0 radical (unpaired) electrons. The molecule has 0 bridgehead atoms. The van der Waals surface area contributed by atoms with E-state index in [9.17, 15) is 13.2 Å². The molecular formula is C21H29N3O3S. The number of benzene rings is 1. The predicted octanol–water partition coefficient (Wildman–Crippen LogP) is 3.08. The number of hydrogen-bond donors (Lipinski definition) is 1. The van der Waals surface area contributed by atoms with Crippen LogP contribution < -0.4 is 5.32 Å². The van der Waals surface area contributed by atoms with E-state index in [0.717, 1.165) is 18.4 Å². The molecule has 1 aliphatic rings. The fourth-order valence-corrected chi connectivity index (χ4v) is 5.25. The van der Waals surface area contributed by atoms with Gasteiger partial charge < -0.3 is 9.88 Å². The van der Waals surface area contributed by atoms with Gasteiger partial charge in [0.1, 0.15) is 0 Å². The van der Waals surface area contributed by atoms with Gasteiger partial charge in [0, 0.05) is 38.4 Å². The lowest BCUT2D eigenvalue weighted by Gasteiger charge is -2.31. The van der Waals surface area contributed by atoms with Crippen LogP contribution in [0.25, 0.3) is 0 Å². The van der Waals surface area contributed by atoms with Crippen LogP contribution in [-0.2, 0) is 21.9 Å². The lowest BCUT2D eigenvalue weighted by Crippen LogP contribution is -2.43. The number of aryl methyl sites for hydroxylation is 1. The number of rotatable bonds is 7. The Balaban J connectivity index is 1.60. The van der Waals surface area contributed by atoms with Crippen molar-refractivity contribution in [1.29, 1.82) is 0 Å². The normalized spacial score (nSPS) is 17.4. The van der Waals surface area contributed by atoms with Crippen molar-refractivity contribution in [2.75, 3.05) is 13.1 Å². The minimum atomic E-state index is -3.48. The van der Waals surface area contributed by atoms with Gasteiger partial charge in [-0.2, -0.15) is 4.31 Å². The van der Waals surface area contributed by atoms with Crippen LogP contribution in [0, 0.1) is 5.92 Å². The summed E-state index contributed by atoms with van der Waals surface area (Å²) in [5, 5.41) is 3.18. The number of piperidine rings is 1. The highest BCUT2D eigenvalue weighted by atomic mass is 32.2. The van der Waals surface area contributed by atoms with Crippen molar-refractivity contribution >= 4 is 15.9 Å². The Labute approximate surface area is 167 Å². The number of carbonyl (C=O) groups excluding carboxylic acids is 1. The number of nitrogens with zero attached hydrogens (tertiary/aromatic N) is 2. The van der Waals surface area contributed by atoms with Crippen molar-refractivity contribution in [2.45, 2.75) is 43.5 Å². The minimum Gasteiger partial charge on any atom is -0.356 e. The molecule has 6 nitrogen and oxygen atoms in total. The zero-order valence-electron chi connectivity index (χ0n) is 16.5. The predicted molar refractivity (Wildman–Crippen MR) is 109 cm³/mol. The highest BCUT2D eigenvalue weighted by Gasteiger charge is 2.33. The first-order valence-corrected chi connectivity index (χ1v) is 11.3. The van der Waals surface area contributed by atoms with E-state index in [1.54, 1.807) is 30.1 Å². The van der Waals surface area contributed by atoms with Gasteiger partial charge in [0.25, 0.3) is 0 Å². The third kappa shape index (κ3) is 4.64. The Bertz CT molecular complexity index is 885. The van der Waals surface area contributed by atoms with Gasteiger partial charge in [-0.15, -0.1) is 0 Å². The molecule has 152 valence electrons. The fraction of sp³-hybridized carbons (Fsp3) is 0.476. The second-order valence-corrected chi connectivity index (χ2v) is 9.39. The first-order valence-electron chi connectivity index (χ1n) is 9.89. The molecule has 1 N–H and O–H groups in total. The summed E-state index contributed by atoms with van der Waals surface area (Å²) in [7, 11) is -1.68. The van der Waals surface area contributed by atoms with Crippen molar-refractivity contribution < 1.29 is 13.2 Å². The van der Waals surface area contributed by atoms with Crippen LogP contribution in [0.5, 0.6) is 0 Å². The van der Waals surface area contributed by atoms with E-state index < -0.39 is 10.0 Å². The van der Waals surface area contributed by atoms with E-state index in [0.29, 0.717) is 30.8 Å². The van der Waals surface area contributed by atoms with Gasteiger partial charge in [0.15, 0.2) is 0 Å². The van der Waals surface area contributed by atoms with Gasteiger partial charge in [-0.3, -0.25) is 4.79 Å². The van der Waals surface area contributed by atoms with Gasteiger partial charge >= 0.3 is 0 Å². The van der Waals surface area contributed by atoms with Crippen LogP contribution in [-0.4, -0.2) is 36.3 Å². The standard InChI is InChI=1S/C21H29N3O3S/c1-3-7-20(17-8-5-4-6-9-17)22-21(25)18-10-14-24(15-11-18)28(26,27)19-12-13-23(2)16-19/h4-6,8-9,12-13,16,18,20H,3,7,10-11,14-15H2,1-2H3,(H,22,25)/t20-/m0/s1. The molecule has 28 heavy (non-hydrogen) atoms. The van der Waals surface area contributed by atoms with Crippen LogP contribution in [0.2, 0.25) is 0 Å². The van der Waals surface area contributed by atoms with Crippen molar-refractivity contribution in [1.82, 2.24) is 14.2 Å². The molecule has 0 unspecified atom stereocenters. The quantitative estimate of drug-likeness (QED) is 0.772. The molecule has 1 saturated heterocycles. The van der Waals surface area contributed by atoms with Gasteiger partial charge in [0.05, 0.1) is 10.9 Å². The van der Waals surface area contributed by atoms with Crippen LogP contribution in [0.3, 0.4) is 0 Å². The van der Waals surface area contributed by atoms with Gasteiger partial charge in [-0.05, 0) is 30.9 Å². The van der Waals surface area contributed by atoms with Crippen molar-refractivity contribution in [2.24, 2.45) is 13.0 Å². The van der Waals surface area contributed by atoms with Crippen LogP contribution in [0.1, 0.15) is 44.2 Å². The number of aromatic nitrogens is 1. The first-order chi connectivity index (χ1) is 13.4. The Kier molecular flexibility index (Phi) is 6.57. The molecule has 1 atom stereocenters. The number of carbonyl (C=O) groups is 1. The molecule has 0 saturated carbocycles. The molecule has 3 rings (SSSR count). The van der Waals surface area contributed by atoms with Crippen LogP contribution in [0.4, 0.5) is 0 Å². The molecule has 1 fully saturated rings. The number of nitrogens with one attached hydrogen (secondary N) is 1. The number of hydrogen-bond acceptors (Lipinski definition) is 3. The molecular weight excluding hydrogens is 374 g/mol. The smallest absolute Gasteiger partial charge is 0.244 e. The summed E-state index contributed by atoms with van der Waals surface area (Å²) < 4.78 is 28.7. The third-order valence-corrected chi connectivity index (χ3v) is 7.25. The Morgan fingerprint density at radius 3 is 2.43 bits per heavy atom. The first kappa shape index (κ1) is 20.6. The maximum atomic E-state index is 12.8. The molecule has 7 heteroatoms. The summed E-state index contributed by atoms with van der Waals surface area (Å²) in [5.74, 6) is -0.121. The topological polar surface area (TPSA) is 71.4 Å². The zero-order valence-corrected chi connectivity index (χ0v) is 17.4. The molecule has 1 aliphatic heterocycles. The van der Waals surface area contributed by atoms with E-state index in [-0.39, 0.29) is 17.9 Å². The zero-order chi connectivity index (χ0) is 20.1. The van der Waals surface area contributed by atoms with Gasteiger partial charge in [-0.1, -0.05) is 43.7 Å². The summed E-state index contributed by atoms with van der Waals surface area (Å²) >= 11 is 0. The molecule has 2 aromatic rings. The van der Waals surface area contributed by atoms with Gasteiger partial charge in [0.2, 0.25) is 15.9 Å². The second kappa shape index (κ2) is 8.92. The summed E-state index contributed by atoms with van der Waals surface area (Å²) in [6.07, 6.45) is 6.30.